The number of nitrogens with one attached hydrogen (secondary N) is 1. The van der Waals surface area contributed by atoms with E-state index in [1.807, 2.05) is 54.6 Å². The monoisotopic (exact) mass is 430 g/mol. The van der Waals surface area contributed by atoms with Crippen molar-refractivity contribution in [1.82, 2.24) is 14.7 Å². The summed E-state index contributed by atoms with van der Waals surface area (Å²) in [4.78, 5) is 13.8. The average Bonchev–Trinajstić information content (AvgIpc) is 3.17. The summed E-state index contributed by atoms with van der Waals surface area (Å²) in [5.41, 5.74) is 14.0. The Labute approximate surface area is 186 Å². The number of benzene rings is 2. The molecule has 0 bridgehead atoms. The van der Waals surface area contributed by atoms with Crippen LogP contribution in [0.1, 0.15) is 24.4 Å². The van der Waals surface area contributed by atoms with Crippen LogP contribution < -0.4 is 16.2 Å². The normalized spacial score (nSPS) is 15.9. The van der Waals surface area contributed by atoms with Gasteiger partial charge in [0.2, 0.25) is 5.91 Å². The van der Waals surface area contributed by atoms with Crippen molar-refractivity contribution in [3.63, 3.8) is 0 Å². The van der Waals surface area contributed by atoms with Crippen molar-refractivity contribution in [2.24, 2.45) is 5.73 Å². The molecule has 1 amide bonds. The van der Waals surface area contributed by atoms with E-state index in [9.17, 15) is 4.79 Å². The van der Waals surface area contributed by atoms with Crippen molar-refractivity contribution in [2.75, 3.05) is 18.8 Å². The molecule has 32 heavy (non-hydrogen) atoms. The summed E-state index contributed by atoms with van der Waals surface area (Å²) in [5, 5.41) is 12.8. The number of nitrogen functional groups attached to an aromatic ring is 2. The highest BCUT2D eigenvalue weighted by atomic mass is 16.5. The van der Waals surface area contributed by atoms with Gasteiger partial charge >= 0.3 is 0 Å². The summed E-state index contributed by atoms with van der Waals surface area (Å²) >= 11 is 0. The number of aromatic nitrogens is 2. The molecular weight excluding hydrogens is 404 g/mol. The van der Waals surface area contributed by atoms with E-state index in [2.05, 4.69) is 6.58 Å². The number of rotatable bonds is 6. The van der Waals surface area contributed by atoms with E-state index in [-0.39, 0.29) is 17.8 Å². The third kappa shape index (κ3) is 4.20. The number of ether oxygens (including phenoxy) is 1. The first-order valence-corrected chi connectivity index (χ1v) is 10.4. The lowest BCUT2D eigenvalue weighted by Gasteiger charge is -2.32. The summed E-state index contributed by atoms with van der Waals surface area (Å²) in [6.45, 7) is 4.73. The second-order valence-corrected chi connectivity index (χ2v) is 7.69. The number of anilines is 1. The average molecular weight is 431 g/mol. The summed E-state index contributed by atoms with van der Waals surface area (Å²) in [5.74, 6) is 1.50. The van der Waals surface area contributed by atoms with E-state index >= 15 is 0 Å². The molecule has 0 spiro atoms. The standard InChI is InChI=1S/C24H26N6O2/c1-2-20(31)29-14-6-7-17(15-29)30-24(27)21(23(25)26)22(28-30)16-10-12-19(13-11-16)32-18-8-4-3-5-9-18/h2-5,8-13,17H,1,6-7,14-15,27H2,(H3,25,26). The molecule has 1 atom stereocenters. The molecule has 1 aliphatic rings. The van der Waals surface area contributed by atoms with Gasteiger partial charge in [-0.1, -0.05) is 24.8 Å². The second-order valence-electron chi connectivity index (χ2n) is 7.69. The van der Waals surface area contributed by atoms with E-state index in [4.69, 9.17) is 26.7 Å². The van der Waals surface area contributed by atoms with Gasteiger partial charge in [0.05, 0.1) is 11.6 Å². The smallest absolute Gasteiger partial charge is 0.246 e. The van der Waals surface area contributed by atoms with Gasteiger partial charge in [0.25, 0.3) is 0 Å². The Bertz CT molecular complexity index is 1140. The van der Waals surface area contributed by atoms with Crippen LogP contribution >= 0.6 is 0 Å². The second kappa shape index (κ2) is 8.97. The SMILES string of the molecule is C=CC(=O)N1CCCC(n2nc(-c3ccc(Oc4ccccc4)cc3)c(C(=N)N)c2N)C1. The number of amides is 1. The highest BCUT2D eigenvalue weighted by Crippen LogP contribution is 2.33. The van der Waals surface area contributed by atoms with Crippen LogP contribution in [0.4, 0.5) is 5.82 Å². The molecule has 2 aromatic carbocycles. The number of hydrogen-bond acceptors (Lipinski definition) is 5. The van der Waals surface area contributed by atoms with Crippen molar-refractivity contribution in [3.05, 3.63) is 72.8 Å². The molecular formula is C24H26N6O2. The van der Waals surface area contributed by atoms with E-state index in [0.29, 0.717) is 35.9 Å². The van der Waals surface area contributed by atoms with Gasteiger partial charge in [-0.3, -0.25) is 10.2 Å². The number of piperidine rings is 1. The fourth-order valence-electron chi connectivity index (χ4n) is 3.98. The van der Waals surface area contributed by atoms with E-state index in [1.165, 1.54) is 6.08 Å². The Balaban J connectivity index is 1.63. The van der Waals surface area contributed by atoms with Gasteiger partial charge in [-0.15, -0.1) is 0 Å². The molecule has 2 heterocycles. The first-order chi connectivity index (χ1) is 15.5. The van der Waals surface area contributed by atoms with Crippen molar-refractivity contribution < 1.29 is 9.53 Å². The molecule has 5 N–H and O–H groups in total. The minimum Gasteiger partial charge on any atom is -0.457 e. The number of para-hydroxylation sites is 1. The number of likely N-dealkylation sites (tertiary alicyclic amines) is 1. The van der Waals surface area contributed by atoms with Gasteiger partial charge in [-0.2, -0.15) is 5.10 Å². The molecule has 1 fully saturated rings. The van der Waals surface area contributed by atoms with Crippen LogP contribution in [0.15, 0.2) is 67.3 Å². The van der Waals surface area contributed by atoms with E-state index in [1.54, 1.807) is 9.58 Å². The maximum absolute atomic E-state index is 12.1. The number of hydrogen-bond donors (Lipinski definition) is 3. The highest BCUT2D eigenvalue weighted by Gasteiger charge is 2.28. The quantitative estimate of drug-likeness (QED) is 0.313. The van der Waals surface area contributed by atoms with Crippen LogP contribution in [0.25, 0.3) is 11.3 Å². The molecule has 1 unspecified atom stereocenters. The lowest BCUT2D eigenvalue weighted by molar-refractivity contribution is -0.127. The highest BCUT2D eigenvalue weighted by molar-refractivity contribution is 6.04. The molecule has 1 aliphatic heterocycles. The van der Waals surface area contributed by atoms with Crippen LogP contribution in [0.3, 0.4) is 0 Å². The van der Waals surface area contributed by atoms with Gasteiger partial charge in [-0.25, -0.2) is 4.68 Å². The molecule has 0 saturated carbocycles. The lowest BCUT2D eigenvalue weighted by Crippen LogP contribution is -2.40. The van der Waals surface area contributed by atoms with Crippen LogP contribution in [0.2, 0.25) is 0 Å². The zero-order valence-electron chi connectivity index (χ0n) is 17.7. The van der Waals surface area contributed by atoms with Crippen LogP contribution in [-0.4, -0.2) is 39.5 Å². The molecule has 164 valence electrons. The molecule has 1 aromatic heterocycles. The molecule has 4 rings (SSSR count). The summed E-state index contributed by atoms with van der Waals surface area (Å²) < 4.78 is 7.55. The predicted molar refractivity (Wildman–Crippen MR) is 125 cm³/mol. The molecule has 8 nitrogen and oxygen atoms in total. The first kappa shape index (κ1) is 21.2. The summed E-state index contributed by atoms with van der Waals surface area (Å²) in [6.07, 6.45) is 2.98. The van der Waals surface area contributed by atoms with Gasteiger partial charge < -0.3 is 21.1 Å². The number of carbonyl (C=O) groups is 1. The third-order valence-corrected chi connectivity index (χ3v) is 5.55. The zero-order chi connectivity index (χ0) is 22.7. The summed E-state index contributed by atoms with van der Waals surface area (Å²) in [7, 11) is 0. The summed E-state index contributed by atoms with van der Waals surface area (Å²) in [6, 6.07) is 16.8. The van der Waals surface area contributed by atoms with Crippen molar-refractivity contribution >= 4 is 17.6 Å². The van der Waals surface area contributed by atoms with Gasteiger partial charge in [0.1, 0.15) is 28.8 Å². The van der Waals surface area contributed by atoms with Gasteiger partial charge in [-0.05, 0) is 55.3 Å². The molecule has 3 aromatic rings. The first-order valence-electron chi connectivity index (χ1n) is 10.4. The maximum atomic E-state index is 12.1. The number of amidine groups is 1. The van der Waals surface area contributed by atoms with Crippen molar-refractivity contribution in [1.29, 1.82) is 5.41 Å². The number of nitrogens with zero attached hydrogens (tertiary/aromatic N) is 3. The molecule has 8 heteroatoms. The Hall–Kier alpha value is -4.07. The number of nitrogens with two attached hydrogens (primary N) is 2. The Morgan fingerprint density at radius 1 is 1.16 bits per heavy atom. The predicted octanol–water partition coefficient (Wildman–Crippen LogP) is 3.56. The fourth-order valence-corrected chi connectivity index (χ4v) is 3.98. The lowest BCUT2D eigenvalue weighted by atomic mass is 10.1. The fraction of sp³-hybridized carbons (Fsp3) is 0.208. The van der Waals surface area contributed by atoms with Crippen LogP contribution in [0, 0.1) is 5.41 Å². The minimum atomic E-state index is -0.150. The van der Waals surface area contributed by atoms with Gasteiger partial charge in [0, 0.05) is 18.7 Å². The Morgan fingerprint density at radius 2 is 1.84 bits per heavy atom. The molecule has 0 radical (unpaired) electrons. The Kier molecular flexibility index (Phi) is 5.93. The molecule has 1 saturated heterocycles. The maximum Gasteiger partial charge on any atom is 0.246 e. The third-order valence-electron chi connectivity index (χ3n) is 5.55. The number of carbonyl (C=O) groups excluding carboxylic acids is 1. The Morgan fingerprint density at radius 3 is 2.50 bits per heavy atom. The minimum absolute atomic E-state index is 0.0970. The van der Waals surface area contributed by atoms with Crippen LogP contribution in [-0.2, 0) is 4.79 Å². The van der Waals surface area contributed by atoms with Crippen LogP contribution in [0.5, 0.6) is 11.5 Å². The molecule has 0 aliphatic carbocycles. The topological polar surface area (TPSA) is 123 Å². The van der Waals surface area contributed by atoms with Crippen molar-refractivity contribution in [2.45, 2.75) is 18.9 Å². The van der Waals surface area contributed by atoms with E-state index in [0.717, 1.165) is 24.2 Å². The van der Waals surface area contributed by atoms with Crippen molar-refractivity contribution in [3.8, 4) is 22.8 Å². The van der Waals surface area contributed by atoms with E-state index < -0.39 is 0 Å². The zero-order valence-corrected chi connectivity index (χ0v) is 17.7. The largest absolute Gasteiger partial charge is 0.457 e. The van der Waals surface area contributed by atoms with Gasteiger partial charge in [0.15, 0.2) is 0 Å².